The van der Waals surface area contributed by atoms with Gasteiger partial charge in [-0.3, -0.25) is 0 Å². The SMILES string of the molecule is CCCCCCCCCC.O=[P+](O)O. The van der Waals surface area contributed by atoms with Gasteiger partial charge >= 0.3 is 8.25 Å². The zero-order valence-corrected chi connectivity index (χ0v) is 10.3. The number of hydrogen-bond acceptors (Lipinski definition) is 1. The Hall–Kier alpha value is 0.0200. The van der Waals surface area contributed by atoms with Gasteiger partial charge in [-0.15, -0.1) is 9.79 Å². The fourth-order valence-corrected chi connectivity index (χ4v) is 1.21. The van der Waals surface area contributed by atoms with Crippen molar-refractivity contribution in [1.82, 2.24) is 0 Å². The highest BCUT2D eigenvalue weighted by Crippen LogP contribution is 2.07. The Morgan fingerprint density at radius 1 is 0.786 bits per heavy atom. The molecular weight excluding hydrogens is 199 g/mol. The second kappa shape index (κ2) is 15.5. The third kappa shape index (κ3) is 29.6. The fraction of sp³-hybridized carbons (Fsp3) is 1.00. The summed E-state index contributed by atoms with van der Waals surface area (Å²) in [5, 5.41) is 0. The highest BCUT2D eigenvalue weighted by Gasteiger charge is 1.93. The van der Waals surface area contributed by atoms with Gasteiger partial charge in [0.15, 0.2) is 0 Å². The number of hydrogen-bond donors (Lipinski definition) is 2. The van der Waals surface area contributed by atoms with Crippen molar-refractivity contribution in [3.05, 3.63) is 0 Å². The molecule has 0 aromatic heterocycles. The third-order valence-electron chi connectivity index (χ3n) is 1.96. The summed E-state index contributed by atoms with van der Waals surface area (Å²) in [5.74, 6) is 0. The Morgan fingerprint density at radius 3 is 1.21 bits per heavy atom. The van der Waals surface area contributed by atoms with E-state index in [1.54, 1.807) is 0 Å². The van der Waals surface area contributed by atoms with Gasteiger partial charge < -0.3 is 0 Å². The molecule has 3 nitrogen and oxygen atoms in total. The monoisotopic (exact) mass is 223 g/mol. The predicted molar refractivity (Wildman–Crippen MR) is 60.3 cm³/mol. The van der Waals surface area contributed by atoms with Gasteiger partial charge in [0, 0.05) is 4.57 Å². The zero-order valence-electron chi connectivity index (χ0n) is 9.41. The van der Waals surface area contributed by atoms with Crippen LogP contribution in [-0.4, -0.2) is 9.79 Å². The molecule has 4 heteroatoms. The summed E-state index contributed by atoms with van der Waals surface area (Å²) >= 11 is 0. The molecule has 0 amide bonds. The maximum absolute atomic E-state index is 8.70. The van der Waals surface area contributed by atoms with Crippen LogP contribution < -0.4 is 0 Å². The van der Waals surface area contributed by atoms with E-state index >= 15 is 0 Å². The van der Waals surface area contributed by atoms with Gasteiger partial charge in [0.1, 0.15) is 0 Å². The van der Waals surface area contributed by atoms with E-state index < -0.39 is 8.25 Å². The Balaban J connectivity index is 0. The molecule has 0 fully saturated rings. The minimum atomic E-state index is -2.87. The van der Waals surface area contributed by atoms with Crippen molar-refractivity contribution in [1.29, 1.82) is 0 Å². The van der Waals surface area contributed by atoms with Crippen LogP contribution in [0.1, 0.15) is 65.2 Å². The summed E-state index contributed by atoms with van der Waals surface area (Å²) in [6, 6.07) is 0. The van der Waals surface area contributed by atoms with Crippen LogP contribution in [0.2, 0.25) is 0 Å². The Morgan fingerprint density at radius 2 is 1.00 bits per heavy atom. The fourth-order valence-electron chi connectivity index (χ4n) is 1.21. The van der Waals surface area contributed by atoms with Crippen molar-refractivity contribution in [3.8, 4) is 0 Å². The third-order valence-corrected chi connectivity index (χ3v) is 1.96. The van der Waals surface area contributed by atoms with E-state index in [1.165, 1.54) is 51.4 Å². The maximum atomic E-state index is 8.70. The summed E-state index contributed by atoms with van der Waals surface area (Å²) < 4.78 is 8.70. The summed E-state index contributed by atoms with van der Waals surface area (Å²) in [7, 11) is -2.87. The standard InChI is InChI=1S/C10H22.HO3P/c1-3-5-7-9-10-8-6-4-2;1-4(2)3/h3-10H2,1-2H3;(H-,1,2,3)/p+1. The van der Waals surface area contributed by atoms with Crippen LogP contribution in [0.15, 0.2) is 0 Å². The normalized spacial score (nSPS) is 9.14. The molecule has 2 N–H and O–H groups in total. The first kappa shape index (κ1) is 16.4. The second-order valence-electron chi connectivity index (χ2n) is 3.37. The minimum Gasteiger partial charge on any atom is -0.134 e. The van der Waals surface area contributed by atoms with E-state index in [2.05, 4.69) is 13.8 Å². The zero-order chi connectivity index (χ0) is 11.2. The van der Waals surface area contributed by atoms with E-state index in [0.717, 1.165) is 0 Å². The van der Waals surface area contributed by atoms with Gasteiger partial charge in [0.05, 0.1) is 0 Å². The molecule has 0 aliphatic carbocycles. The molecule has 0 rings (SSSR count). The van der Waals surface area contributed by atoms with Crippen LogP contribution >= 0.6 is 8.25 Å². The van der Waals surface area contributed by atoms with Crippen LogP contribution in [-0.2, 0) is 4.57 Å². The highest BCUT2D eigenvalue weighted by molar-refractivity contribution is 7.30. The highest BCUT2D eigenvalue weighted by atomic mass is 31.1. The van der Waals surface area contributed by atoms with Crippen molar-refractivity contribution in [2.45, 2.75) is 65.2 Å². The quantitative estimate of drug-likeness (QED) is 0.510. The van der Waals surface area contributed by atoms with E-state index in [-0.39, 0.29) is 0 Å². The molecule has 0 aromatic carbocycles. The molecule has 0 aliphatic heterocycles. The van der Waals surface area contributed by atoms with E-state index in [4.69, 9.17) is 14.4 Å². The van der Waals surface area contributed by atoms with Crippen LogP contribution in [0.5, 0.6) is 0 Å². The van der Waals surface area contributed by atoms with Crippen LogP contribution in [0, 0.1) is 0 Å². The maximum Gasteiger partial charge on any atom is 0.692 e. The number of unbranched alkanes of at least 4 members (excludes halogenated alkanes) is 7. The minimum absolute atomic E-state index is 1.37. The first-order valence-electron chi connectivity index (χ1n) is 5.50. The van der Waals surface area contributed by atoms with Crippen LogP contribution in [0.25, 0.3) is 0 Å². The lowest BCUT2D eigenvalue weighted by molar-refractivity contribution is 0.405. The average Bonchev–Trinajstić information content (AvgIpc) is 2.10. The van der Waals surface area contributed by atoms with E-state index in [0.29, 0.717) is 0 Å². The lowest BCUT2D eigenvalue weighted by atomic mass is 10.1. The summed E-state index contributed by atoms with van der Waals surface area (Å²) in [6.07, 6.45) is 11.5. The van der Waals surface area contributed by atoms with Crippen LogP contribution in [0.3, 0.4) is 0 Å². The predicted octanol–water partition coefficient (Wildman–Crippen LogP) is 3.78. The lowest BCUT2D eigenvalue weighted by Gasteiger charge is -1.97. The Bertz CT molecular complexity index is 106. The molecular formula is C10H24O3P+. The molecule has 0 bridgehead atoms. The lowest BCUT2D eigenvalue weighted by Crippen LogP contribution is -1.77. The molecule has 14 heavy (non-hydrogen) atoms. The molecule has 0 aliphatic rings. The molecule has 0 radical (unpaired) electrons. The molecule has 0 saturated heterocycles. The van der Waals surface area contributed by atoms with Gasteiger partial charge in [-0.2, -0.15) is 0 Å². The van der Waals surface area contributed by atoms with Gasteiger partial charge in [0.2, 0.25) is 0 Å². The van der Waals surface area contributed by atoms with Crippen LogP contribution in [0.4, 0.5) is 0 Å². The van der Waals surface area contributed by atoms with E-state index in [1.807, 2.05) is 0 Å². The van der Waals surface area contributed by atoms with Gasteiger partial charge in [-0.05, 0) is 0 Å². The van der Waals surface area contributed by atoms with Crippen molar-refractivity contribution in [3.63, 3.8) is 0 Å². The Labute approximate surface area is 88.5 Å². The first-order valence-corrected chi connectivity index (χ1v) is 6.66. The molecule has 0 spiro atoms. The van der Waals surface area contributed by atoms with Gasteiger partial charge in [-0.25, -0.2) is 0 Å². The van der Waals surface area contributed by atoms with Gasteiger partial charge in [-0.1, -0.05) is 65.2 Å². The molecule has 0 unspecified atom stereocenters. The van der Waals surface area contributed by atoms with Crippen molar-refractivity contribution >= 4 is 8.25 Å². The van der Waals surface area contributed by atoms with Crippen molar-refractivity contribution in [2.75, 3.05) is 0 Å². The Kier molecular flexibility index (Phi) is 18.2. The van der Waals surface area contributed by atoms with Gasteiger partial charge in [0.25, 0.3) is 0 Å². The molecule has 86 valence electrons. The summed E-state index contributed by atoms with van der Waals surface area (Å²) in [4.78, 5) is 14.2. The second-order valence-corrected chi connectivity index (χ2v) is 3.88. The average molecular weight is 223 g/mol. The largest absolute Gasteiger partial charge is 0.692 e. The van der Waals surface area contributed by atoms with Crippen molar-refractivity contribution in [2.24, 2.45) is 0 Å². The first-order chi connectivity index (χ1) is 6.65. The van der Waals surface area contributed by atoms with Crippen molar-refractivity contribution < 1.29 is 14.4 Å². The smallest absolute Gasteiger partial charge is 0.134 e. The molecule has 0 atom stereocenters. The topological polar surface area (TPSA) is 57.5 Å². The molecule has 0 heterocycles. The summed E-state index contributed by atoms with van der Waals surface area (Å²) in [6.45, 7) is 4.54. The molecule has 0 aromatic rings. The number of rotatable bonds is 7. The van der Waals surface area contributed by atoms with E-state index in [9.17, 15) is 0 Å². The summed E-state index contributed by atoms with van der Waals surface area (Å²) in [5.41, 5.74) is 0. The molecule has 0 saturated carbocycles.